The lowest BCUT2D eigenvalue weighted by Gasteiger charge is -2.29. The molecule has 4 heteroatoms. The number of hydrogen-bond donors (Lipinski definition) is 0. The molecule has 2 rings (SSSR count). The van der Waals surface area contributed by atoms with Crippen LogP contribution < -0.4 is 4.90 Å². The normalized spacial score (nSPS) is 21.3. The summed E-state index contributed by atoms with van der Waals surface area (Å²) in [5, 5.41) is 0. The SMILES string of the molecule is CCC1CCCCCN1c1ncc(CCl)cn1. The maximum absolute atomic E-state index is 5.75. The second kappa shape index (κ2) is 6.20. The minimum absolute atomic E-state index is 0.484. The van der Waals surface area contributed by atoms with E-state index in [1.807, 2.05) is 12.4 Å². The minimum atomic E-state index is 0.484. The van der Waals surface area contributed by atoms with Crippen LogP contribution >= 0.6 is 11.6 Å². The summed E-state index contributed by atoms with van der Waals surface area (Å²) in [7, 11) is 0. The maximum Gasteiger partial charge on any atom is 0.225 e. The van der Waals surface area contributed by atoms with Crippen LogP contribution in [0.5, 0.6) is 0 Å². The average molecular weight is 254 g/mol. The number of anilines is 1. The summed E-state index contributed by atoms with van der Waals surface area (Å²) in [6.45, 7) is 3.33. The van der Waals surface area contributed by atoms with Gasteiger partial charge in [0.05, 0.1) is 5.88 Å². The fourth-order valence-corrected chi connectivity index (χ4v) is 2.57. The average Bonchev–Trinajstić information content (AvgIpc) is 2.64. The quantitative estimate of drug-likeness (QED) is 0.774. The number of aromatic nitrogens is 2. The van der Waals surface area contributed by atoms with Crippen molar-refractivity contribution in [2.24, 2.45) is 0 Å². The first-order valence-electron chi connectivity index (χ1n) is 6.48. The molecule has 1 unspecified atom stereocenters. The van der Waals surface area contributed by atoms with Gasteiger partial charge >= 0.3 is 0 Å². The Balaban J connectivity index is 2.16. The van der Waals surface area contributed by atoms with Crippen molar-refractivity contribution in [3.05, 3.63) is 18.0 Å². The molecular formula is C13H20ClN3. The van der Waals surface area contributed by atoms with E-state index in [1.165, 1.54) is 32.1 Å². The monoisotopic (exact) mass is 253 g/mol. The first-order valence-corrected chi connectivity index (χ1v) is 7.02. The molecular weight excluding hydrogens is 234 g/mol. The molecule has 0 radical (unpaired) electrons. The Bertz CT molecular complexity index is 339. The molecule has 1 aliphatic rings. The summed E-state index contributed by atoms with van der Waals surface area (Å²) in [5.74, 6) is 1.35. The number of alkyl halides is 1. The Hall–Kier alpha value is -0.830. The molecule has 1 aromatic rings. The summed E-state index contributed by atoms with van der Waals surface area (Å²) in [4.78, 5) is 11.3. The van der Waals surface area contributed by atoms with Gasteiger partial charge in [0.2, 0.25) is 5.95 Å². The third-order valence-corrected chi connectivity index (χ3v) is 3.76. The molecule has 1 fully saturated rings. The van der Waals surface area contributed by atoms with E-state index in [0.717, 1.165) is 18.1 Å². The molecule has 94 valence electrons. The van der Waals surface area contributed by atoms with Gasteiger partial charge in [-0.05, 0) is 19.3 Å². The van der Waals surface area contributed by atoms with Gasteiger partial charge in [-0.2, -0.15) is 0 Å². The molecule has 17 heavy (non-hydrogen) atoms. The zero-order valence-corrected chi connectivity index (χ0v) is 11.2. The summed E-state index contributed by atoms with van der Waals surface area (Å²) in [6, 6.07) is 0.597. The minimum Gasteiger partial charge on any atom is -0.338 e. The van der Waals surface area contributed by atoms with Crippen molar-refractivity contribution in [2.75, 3.05) is 11.4 Å². The zero-order valence-electron chi connectivity index (χ0n) is 10.4. The Labute approximate surface area is 108 Å². The lowest BCUT2D eigenvalue weighted by molar-refractivity contribution is 0.547. The molecule has 1 atom stereocenters. The Kier molecular flexibility index (Phi) is 4.60. The van der Waals surface area contributed by atoms with Gasteiger partial charge in [-0.3, -0.25) is 0 Å². The van der Waals surface area contributed by atoms with Gasteiger partial charge in [-0.15, -0.1) is 11.6 Å². The molecule has 0 N–H and O–H groups in total. The number of hydrogen-bond acceptors (Lipinski definition) is 3. The molecule has 0 aliphatic carbocycles. The van der Waals surface area contributed by atoms with Crippen molar-refractivity contribution < 1.29 is 0 Å². The van der Waals surface area contributed by atoms with E-state index in [4.69, 9.17) is 11.6 Å². The molecule has 1 aliphatic heterocycles. The predicted octanol–water partition coefficient (Wildman–Crippen LogP) is 3.37. The molecule has 1 saturated heterocycles. The topological polar surface area (TPSA) is 29.0 Å². The molecule has 0 saturated carbocycles. The van der Waals surface area contributed by atoms with Crippen LogP contribution in [-0.4, -0.2) is 22.6 Å². The summed E-state index contributed by atoms with van der Waals surface area (Å²) < 4.78 is 0. The van der Waals surface area contributed by atoms with Crippen molar-refractivity contribution in [3.63, 3.8) is 0 Å². The van der Waals surface area contributed by atoms with Gasteiger partial charge in [-0.1, -0.05) is 19.8 Å². The zero-order chi connectivity index (χ0) is 12.1. The van der Waals surface area contributed by atoms with E-state index >= 15 is 0 Å². The molecule has 0 bridgehead atoms. The Morgan fingerprint density at radius 2 is 2.06 bits per heavy atom. The second-order valence-corrected chi connectivity index (χ2v) is 4.90. The van der Waals surface area contributed by atoms with E-state index in [2.05, 4.69) is 21.8 Å². The molecule has 1 aromatic heterocycles. The molecule has 0 aromatic carbocycles. The van der Waals surface area contributed by atoms with Crippen molar-refractivity contribution in [3.8, 4) is 0 Å². The van der Waals surface area contributed by atoms with Crippen LogP contribution in [0, 0.1) is 0 Å². The highest BCUT2D eigenvalue weighted by molar-refractivity contribution is 6.17. The number of halogens is 1. The standard InChI is InChI=1S/C13H20ClN3/c1-2-12-6-4-3-5-7-17(12)13-15-9-11(8-14)10-16-13/h9-10,12H,2-8H2,1H3. The maximum atomic E-state index is 5.75. The molecule has 3 nitrogen and oxygen atoms in total. The lowest BCUT2D eigenvalue weighted by Crippen LogP contribution is -2.35. The van der Waals surface area contributed by atoms with Gasteiger partial charge in [0, 0.05) is 30.5 Å². The third-order valence-electron chi connectivity index (χ3n) is 3.45. The smallest absolute Gasteiger partial charge is 0.225 e. The second-order valence-electron chi connectivity index (χ2n) is 4.63. The number of rotatable bonds is 3. The van der Waals surface area contributed by atoms with Crippen molar-refractivity contribution >= 4 is 17.5 Å². The van der Waals surface area contributed by atoms with Gasteiger partial charge in [0.15, 0.2) is 0 Å². The highest BCUT2D eigenvalue weighted by Crippen LogP contribution is 2.22. The molecule has 0 spiro atoms. The van der Waals surface area contributed by atoms with Crippen LogP contribution in [0.2, 0.25) is 0 Å². The van der Waals surface area contributed by atoms with Gasteiger partial charge in [0.25, 0.3) is 0 Å². The highest BCUT2D eigenvalue weighted by Gasteiger charge is 2.21. The van der Waals surface area contributed by atoms with Crippen LogP contribution in [-0.2, 0) is 5.88 Å². The van der Waals surface area contributed by atoms with Gasteiger partial charge < -0.3 is 4.90 Å². The van der Waals surface area contributed by atoms with Crippen molar-refractivity contribution in [2.45, 2.75) is 50.9 Å². The fraction of sp³-hybridized carbons (Fsp3) is 0.692. The first-order chi connectivity index (χ1) is 8.35. The number of nitrogens with zero attached hydrogens (tertiary/aromatic N) is 3. The molecule has 0 amide bonds. The summed E-state index contributed by atoms with van der Waals surface area (Å²) in [5.41, 5.74) is 0.985. The van der Waals surface area contributed by atoms with Crippen LogP contribution in [0.15, 0.2) is 12.4 Å². The fourth-order valence-electron chi connectivity index (χ4n) is 2.43. The van der Waals surface area contributed by atoms with Crippen molar-refractivity contribution in [1.82, 2.24) is 9.97 Å². The Morgan fingerprint density at radius 3 is 2.71 bits per heavy atom. The van der Waals surface area contributed by atoms with E-state index in [1.54, 1.807) is 0 Å². The highest BCUT2D eigenvalue weighted by atomic mass is 35.5. The summed E-state index contributed by atoms with van der Waals surface area (Å²) in [6.07, 6.45) is 10.0. The third kappa shape index (κ3) is 3.09. The van der Waals surface area contributed by atoms with E-state index in [9.17, 15) is 0 Å². The van der Waals surface area contributed by atoms with Crippen molar-refractivity contribution in [1.29, 1.82) is 0 Å². The summed E-state index contributed by atoms with van der Waals surface area (Å²) >= 11 is 5.75. The lowest BCUT2D eigenvalue weighted by atomic mass is 10.1. The van der Waals surface area contributed by atoms with Gasteiger partial charge in [-0.25, -0.2) is 9.97 Å². The van der Waals surface area contributed by atoms with Crippen LogP contribution in [0.1, 0.15) is 44.6 Å². The largest absolute Gasteiger partial charge is 0.338 e. The predicted molar refractivity (Wildman–Crippen MR) is 71.5 cm³/mol. The van der Waals surface area contributed by atoms with E-state index in [0.29, 0.717) is 11.9 Å². The van der Waals surface area contributed by atoms with Crippen LogP contribution in [0.3, 0.4) is 0 Å². The van der Waals surface area contributed by atoms with Gasteiger partial charge in [0.1, 0.15) is 0 Å². The van der Waals surface area contributed by atoms with E-state index in [-0.39, 0.29) is 0 Å². The van der Waals surface area contributed by atoms with Crippen LogP contribution in [0.25, 0.3) is 0 Å². The first kappa shape index (κ1) is 12.6. The van der Waals surface area contributed by atoms with E-state index < -0.39 is 0 Å². The van der Waals surface area contributed by atoms with Crippen LogP contribution in [0.4, 0.5) is 5.95 Å². The Morgan fingerprint density at radius 1 is 1.29 bits per heavy atom. The molecule has 2 heterocycles.